The summed E-state index contributed by atoms with van der Waals surface area (Å²) in [7, 11) is 0. The summed E-state index contributed by atoms with van der Waals surface area (Å²) in [6.45, 7) is 2.60. The van der Waals surface area contributed by atoms with Crippen molar-refractivity contribution in [3.05, 3.63) is 56.1 Å². The van der Waals surface area contributed by atoms with Crippen molar-refractivity contribution in [1.82, 2.24) is 15.6 Å². The number of fused-ring (bicyclic) bond motifs is 1. The first-order valence-corrected chi connectivity index (χ1v) is 7.39. The Kier molecular flexibility index (Phi) is 3.77. The maximum absolute atomic E-state index is 11.0. The van der Waals surface area contributed by atoms with E-state index >= 15 is 0 Å². The summed E-state index contributed by atoms with van der Waals surface area (Å²) in [5.74, 6) is 0. The van der Waals surface area contributed by atoms with Crippen LogP contribution in [0.5, 0.6) is 0 Å². The lowest BCUT2D eigenvalue weighted by Gasteiger charge is -2.27. The maximum Gasteiger partial charge on any atom is 0.304 e. The number of aromatic amines is 1. The molecule has 0 spiro atoms. The van der Waals surface area contributed by atoms with Gasteiger partial charge in [0, 0.05) is 30.2 Å². The molecular formula is C14H17N3OS. The number of nitrogens with one attached hydrogen (secondary N) is 3. The zero-order valence-electron chi connectivity index (χ0n) is 10.6. The molecule has 0 saturated heterocycles. The molecule has 1 unspecified atom stereocenters. The molecule has 100 valence electrons. The summed E-state index contributed by atoms with van der Waals surface area (Å²) in [5, 5.41) is 8.81. The Hall–Kier alpha value is -1.43. The number of hydrogen-bond acceptors (Lipinski definition) is 4. The van der Waals surface area contributed by atoms with E-state index < -0.39 is 0 Å². The van der Waals surface area contributed by atoms with Gasteiger partial charge in [0.25, 0.3) is 0 Å². The van der Waals surface area contributed by atoms with Crippen molar-refractivity contribution in [3.63, 3.8) is 0 Å². The first-order chi connectivity index (χ1) is 9.33. The van der Waals surface area contributed by atoms with E-state index in [1.807, 2.05) is 5.38 Å². The Morgan fingerprint density at radius 2 is 2.26 bits per heavy atom. The largest absolute Gasteiger partial charge is 0.315 e. The summed E-state index contributed by atoms with van der Waals surface area (Å²) < 4.78 is 0. The molecule has 1 aliphatic heterocycles. The summed E-state index contributed by atoms with van der Waals surface area (Å²) in [6, 6.07) is 8.95. The van der Waals surface area contributed by atoms with Gasteiger partial charge in [-0.2, -0.15) is 0 Å². The van der Waals surface area contributed by atoms with Crippen LogP contribution in [0.4, 0.5) is 0 Å². The zero-order valence-corrected chi connectivity index (χ0v) is 11.4. The van der Waals surface area contributed by atoms with Crippen LogP contribution in [0.2, 0.25) is 0 Å². The van der Waals surface area contributed by atoms with Crippen LogP contribution in [0.25, 0.3) is 0 Å². The number of hydrogen-bond donors (Lipinski definition) is 3. The summed E-state index contributed by atoms with van der Waals surface area (Å²) in [5.41, 5.74) is 3.79. The average Bonchev–Trinajstić information content (AvgIpc) is 2.85. The van der Waals surface area contributed by atoms with Crippen LogP contribution in [-0.2, 0) is 13.0 Å². The highest BCUT2D eigenvalue weighted by Gasteiger charge is 2.18. The number of H-pyrrole nitrogens is 1. The smallest absolute Gasteiger partial charge is 0.304 e. The lowest BCUT2D eigenvalue weighted by atomic mass is 9.94. The third-order valence-corrected chi connectivity index (χ3v) is 4.17. The summed E-state index contributed by atoms with van der Waals surface area (Å²) in [4.78, 5) is 13.9. The van der Waals surface area contributed by atoms with E-state index in [2.05, 4.69) is 39.9 Å². The molecule has 0 bridgehead atoms. The normalized spacial score (nSPS) is 18.2. The van der Waals surface area contributed by atoms with Crippen molar-refractivity contribution in [1.29, 1.82) is 0 Å². The summed E-state index contributed by atoms with van der Waals surface area (Å²) in [6.07, 6.45) is 1.10. The van der Waals surface area contributed by atoms with Crippen molar-refractivity contribution in [2.75, 3.05) is 13.1 Å². The van der Waals surface area contributed by atoms with Crippen LogP contribution in [0.15, 0.2) is 34.4 Å². The molecule has 1 aliphatic rings. The van der Waals surface area contributed by atoms with Crippen molar-refractivity contribution in [2.24, 2.45) is 0 Å². The molecule has 1 atom stereocenters. The van der Waals surface area contributed by atoms with Crippen LogP contribution < -0.4 is 15.5 Å². The third-order valence-electron chi connectivity index (χ3n) is 3.45. The van der Waals surface area contributed by atoms with Crippen molar-refractivity contribution in [2.45, 2.75) is 19.0 Å². The van der Waals surface area contributed by atoms with Crippen molar-refractivity contribution in [3.8, 4) is 0 Å². The highest BCUT2D eigenvalue weighted by molar-refractivity contribution is 7.07. The van der Waals surface area contributed by atoms with Crippen molar-refractivity contribution < 1.29 is 0 Å². The van der Waals surface area contributed by atoms with Gasteiger partial charge >= 0.3 is 4.87 Å². The number of rotatable bonds is 4. The minimum Gasteiger partial charge on any atom is -0.315 e. The van der Waals surface area contributed by atoms with Crippen LogP contribution in [-0.4, -0.2) is 18.1 Å². The number of thiazole rings is 1. The van der Waals surface area contributed by atoms with E-state index in [1.165, 1.54) is 22.5 Å². The quantitative estimate of drug-likeness (QED) is 0.791. The molecule has 1 aromatic carbocycles. The van der Waals surface area contributed by atoms with Crippen LogP contribution in [0.1, 0.15) is 22.9 Å². The standard InChI is InChI=1S/C14H17N3OS/c18-14-17-11(9-19-14)7-15-8-13-12-4-2-1-3-10(12)5-6-16-13/h1-4,9,13,15-16H,5-8H2,(H,17,18). The molecule has 19 heavy (non-hydrogen) atoms. The molecule has 3 N–H and O–H groups in total. The lowest BCUT2D eigenvalue weighted by molar-refractivity contribution is 0.467. The lowest BCUT2D eigenvalue weighted by Crippen LogP contribution is -2.36. The Bertz CT molecular complexity index is 604. The van der Waals surface area contributed by atoms with Gasteiger partial charge in [-0.25, -0.2) is 0 Å². The molecule has 3 rings (SSSR count). The average molecular weight is 275 g/mol. The predicted octanol–water partition coefficient (Wildman–Crippen LogP) is 1.41. The van der Waals surface area contributed by atoms with Gasteiger partial charge < -0.3 is 15.6 Å². The Labute approximate surface area is 115 Å². The minimum atomic E-state index is 0.0120. The predicted molar refractivity (Wildman–Crippen MR) is 77.5 cm³/mol. The first-order valence-electron chi connectivity index (χ1n) is 6.51. The highest BCUT2D eigenvalue weighted by Crippen LogP contribution is 2.21. The molecule has 0 radical (unpaired) electrons. The molecule has 0 fully saturated rings. The highest BCUT2D eigenvalue weighted by atomic mass is 32.1. The molecule has 0 aliphatic carbocycles. The van der Waals surface area contributed by atoms with Gasteiger partial charge in [-0.3, -0.25) is 4.79 Å². The van der Waals surface area contributed by atoms with E-state index in [9.17, 15) is 4.79 Å². The van der Waals surface area contributed by atoms with Crippen LogP contribution in [0, 0.1) is 0 Å². The fourth-order valence-electron chi connectivity index (χ4n) is 2.53. The first kappa shape index (κ1) is 12.6. The van der Waals surface area contributed by atoms with Gasteiger partial charge in [0.15, 0.2) is 0 Å². The van der Waals surface area contributed by atoms with Gasteiger partial charge in [-0.1, -0.05) is 35.6 Å². The van der Waals surface area contributed by atoms with E-state index in [4.69, 9.17) is 0 Å². The molecule has 2 aromatic rings. The molecular weight excluding hydrogens is 258 g/mol. The Morgan fingerprint density at radius 3 is 3.11 bits per heavy atom. The number of aromatic nitrogens is 1. The van der Waals surface area contributed by atoms with Gasteiger partial charge in [0.2, 0.25) is 0 Å². The van der Waals surface area contributed by atoms with Crippen LogP contribution >= 0.6 is 11.3 Å². The second kappa shape index (κ2) is 5.69. The molecule has 0 saturated carbocycles. The van der Waals surface area contributed by atoms with Gasteiger partial charge in [-0.15, -0.1) is 0 Å². The van der Waals surface area contributed by atoms with E-state index in [0.717, 1.165) is 25.2 Å². The fourth-order valence-corrected chi connectivity index (χ4v) is 3.11. The SMILES string of the molecule is O=c1[nH]c(CNCC2NCCc3ccccc32)cs1. The topological polar surface area (TPSA) is 56.9 Å². The maximum atomic E-state index is 11.0. The second-order valence-corrected chi connectivity index (χ2v) is 5.60. The third kappa shape index (κ3) is 2.94. The van der Waals surface area contributed by atoms with Gasteiger partial charge in [-0.05, 0) is 24.1 Å². The zero-order chi connectivity index (χ0) is 13.1. The fraction of sp³-hybridized carbons (Fsp3) is 0.357. The Morgan fingerprint density at radius 1 is 1.37 bits per heavy atom. The monoisotopic (exact) mass is 275 g/mol. The summed E-state index contributed by atoms with van der Waals surface area (Å²) >= 11 is 1.21. The second-order valence-electron chi connectivity index (χ2n) is 4.76. The molecule has 2 heterocycles. The Balaban J connectivity index is 1.60. The molecule has 4 nitrogen and oxygen atoms in total. The van der Waals surface area contributed by atoms with Gasteiger partial charge in [0.05, 0.1) is 0 Å². The minimum absolute atomic E-state index is 0.0120. The molecule has 1 aromatic heterocycles. The molecule has 0 amide bonds. The van der Waals surface area contributed by atoms with E-state index in [1.54, 1.807) is 0 Å². The van der Waals surface area contributed by atoms with E-state index in [0.29, 0.717) is 12.6 Å². The molecule has 5 heteroatoms. The van der Waals surface area contributed by atoms with E-state index in [-0.39, 0.29) is 4.87 Å². The van der Waals surface area contributed by atoms with Crippen LogP contribution in [0.3, 0.4) is 0 Å². The number of benzene rings is 1. The van der Waals surface area contributed by atoms with Gasteiger partial charge in [0.1, 0.15) is 0 Å². The van der Waals surface area contributed by atoms with Crippen molar-refractivity contribution >= 4 is 11.3 Å².